The highest BCUT2D eigenvalue weighted by Gasteiger charge is 2.14. The van der Waals surface area contributed by atoms with E-state index < -0.39 is 0 Å². The molecular weight excluding hydrogens is 274 g/mol. The number of benzene rings is 1. The molecule has 0 spiro atoms. The molecule has 22 heavy (non-hydrogen) atoms. The van der Waals surface area contributed by atoms with E-state index in [9.17, 15) is 0 Å². The van der Waals surface area contributed by atoms with Gasteiger partial charge in [0, 0.05) is 24.7 Å². The van der Waals surface area contributed by atoms with E-state index in [-0.39, 0.29) is 0 Å². The fraction of sp³-hybridized carbons (Fsp3) is 0.353. The Morgan fingerprint density at radius 3 is 2.45 bits per heavy atom. The zero-order chi connectivity index (χ0) is 15.4. The molecule has 0 bridgehead atoms. The first-order valence-electron chi connectivity index (χ1n) is 7.84. The lowest BCUT2D eigenvalue weighted by molar-refractivity contribution is 0.716. The van der Waals surface area contributed by atoms with Gasteiger partial charge in [-0.05, 0) is 12.8 Å². The van der Waals surface area contributed by atoms with E-state index in [2.05, 4.69) is 52.0 Å². The Hall–Kier alpha value is -2.43. The minimum absolute atomic E-state index is 0.647. The van der Waals surface area contributed by atoms with Gasteiger partial charge in [0.05, 0.1) is 5.69 Å². The molecule has 2 heterocycles. The highest BCUT2D eigenvalue weighted by Crippen LogP contribution is 2.24. The Bertz CT molecular complexity index is 729. The van der Waals surface area contributed by atoms with Crippen molar-refractivity contribution < 1.29 is 0 Å². The van der Waals surface area contributed by atoms with Crippen LogP contribution in [-0.4, -0.2) is 32.7 Å². The van der Waals surface area contributed by atoms with Crippen molar-refractivity contribution in [3.8, 4) is 11.3 Å². The van der Waals surface area contributed by atoms with Crippen LogP contribution in [0, 0.1) is 0 Å². The molecule has 3 rings (SSSR count). The second-order valence-electron chi connectivity index (χ2n) is 5.32. The summed E-state index contributed by atoms with van der Waals surface area (Å²) in [4.78, 5) is 11.3. The molecule has 0 amide bonds. The Morgan fingerprint density at radius 1 is 1.05 bits per heavy atom. The molecule has 0 aliphatic carbocycles. The molecule has 114 valence electrons. The lowest BCUT2D eigenvalue weighted by Crippen LogP contribution is -2.27. The van der Waals surface area contributed by atoms with Crippen molar-refractivity contribution in [3.63, 3.8) is 0 Å². The molecule has 0 N–H and O–H groups in total. The minimum Gasteiger partial charge on any atom is -0.356 e. The fourth-order valence-electron chi connectivity index (χ4n) is 2.66. The van der Waals surface area contributed by atoms with Crippen molar-refractivity contribution in [2.24, 2.45) is 0 Å². The molecule has 3 aromatic rings. The van der Waals surface area contributed by atoms with Crippen LogP contribution in [0.2, 0.25) is 0 Å². The smallest absolute Gasteiger partial charge is 0.254 e. The molecule has 0 unspecified atom stereocenters. The van der Waals surface area contributed by atoms with Crippen LogP contribution in [0.4, 0.5) is 5.82 Å². The summed E-state index contributed by atoms with van der Waals surface area (Å²) in [6.07, 6.45) is 3.76. The third-order valence-electron chi connectivity index (χ3n) is 3.61. The van der Waals surface area contributed by atoms with Crippen molar-refractivity contribution in [1.29, 1.82) is 0 Å². The zero-order valence-electron chi connectivity index (χ0n) is 13.1. The van der Waals surface area contributed by atoms with Crippen LogP contribution in [0.15, 0.2) is 42.7 Å². The SMILES string of the molecule is CCCN(CCC)c1cc(-c2ccccc2)nc2ncnn12. The fourth-order valence-corrected chi connectivity index (χ4v) is 2.66. The van der Waals surface area contributed by atoms with Gasteiger partial charge >= 0.3 is 0 Å². The standard InChI is InChI=1S/C17H21N5/c1-3-10-21(11-4-2)16-12-15(14-8-6-5-7-9-14)20-17-18-13-19-22(16)17/h5-9,12-13H,3-4,10-11H2,1-2H3. The van der Waals surface area contributed by atoms with Crippen LogP contribution in [0.1, 0.15) is 26.7 Å². The summed E-state index contributed by atoms with van der Waals surface area (Å²) < 4.78 is 1.83. The first-order chi connectivity index (χ1) is 10.8. The van der Waals surface area contributed by atoms with E-state index in [1.165, 1.54) is 0 Å². The molecule has 0 aliphatic heterocycles. The molecule has 0 aliphatic rings. The summed E-state index contributed by atoms with van der Waals surface area (Å²) in [6.45, 7) is 6.39. The predicted octanol–water partition coefficient (Wildman–Crippen LogP) is 3.42. The molecule has 5 heteroatoms. The molecular formula is C17H21N5. The van der Waals surface area contributed by atoms with E-state index in [1.54, 1.807) is 6.33 Å². The van der Waals surface area contributed by atoms with Crippen LogP contribution in [0.25, 0.3) is 17.0 Å². The summed E-state index contributed by atoms with van der Waals surface area (Å²) in [5, 5.41) is 4.34. The van der Waals surface area contributed by atoms with E-state index >= 15 is 0 Å². The Morgan fingerprint density at radius 2 is 1.77 bits per heavy atom. The molecule has 0 radical (unpaired) electrons. The molecule has 0 saturated carbocycles. The van der Waals surface area contributed by atoms with Crippen LogP contribution in [0.3, 0.4) is 0 Å². The van der Waals surface area contributed by atoms with Gasteiger partial charge < -0.3 is 4.90 Å². The summed E-state index contributed by atoms with van der Waals surface area (Å²) in [5.41, 5.74) is 2.04. The maximum absolute atomic E-state index is 4.63. The topological polar surface area (TPSA) is 46.3 Å². The Kier molecular flexibility index (Phi) is 4.32. The van der Waals surface area contributed by atoms with Gasteiger partial charge in [-0.2, -0.15) is 14.6 Å². The van der Waals surface area contributed by atoms with Crippen LogP contribution >= 0.6 is 0 Å². The number of hydrogen-bond acceptors (Lipinski definition) is 4. The van der Waals surface area contributed by atoms with Gasteiger partial charge in [-0.1, -0.05) is 44.2 Å². The molecule has 5 nitrogen and oxygen atoms in total. The van der Waals surface area contributed by atoms with E-state index in [1.807, 2.05) is 22.7 Å². The summed E-state index contributed by atoms with van der Waals surface area (Å²) >= 11 is 0. The number of rotatable bonds is 6. The van der Waals surface area contributed by atoms with Crippen molar-refractivity contribution in [2.75, 3.05) is 18.0 Å². The highest BCUT2D eigenvalue weighted by atomic mass is 15.4. The largest absolute Gasteiger partial charge is 0.356 e. The number of anilines is 1. The van der Waals surface area contributed by atoms with E-state index in [4.69, 9.17) is 0 Å². The maximum atomic E-state index is 4.63. The van der Waals surface area contributed by atoms with Crippen LogP contribution in [0.5, 0.6) is 0 Å². The quantitative estimate of drug-likeness (QED) is 0.699. The maximum Gasteiger partial charge on any atom is 0.254 e. The molecule has 0 fully saturated rings. The van der Waals surface area contributed by atoms with Gasteiger partial charge in [-0.25, -0.2) is 4.98 Å². The van der Waals surface area contributed by atoms with Gasteiger partial charge in [0.1, 0.15) is 12.1 Å². The number of hydrogen-bond donors (Lipinski definition) is 0. The highest BCUT2D eigenvalue weighted by molar-refractivity contribution is 5.65. The number of fused-ring (bicyclic) bond motifs is 1. The normalized spacial score (nSPS) is 11.0. The van der Waals surface area contributed by atoms with E-state index in [0.717, 1.165) is 43.0 Å². The van der Waals surface area contributed by atoms with Crippen molar-refractivity contribution in [3.05, 3.63) is 42.7 Å². The minimum atomic E-state index is 0.647. The predicted molar refractivity (Wildman–Crippen MR) is 89.0 cm³/mol. The number of nitrogens with zero attached hydrogens (tertiary/aromatic N) is 5. The van der Waals surface area contributed by atoms with Gasteiger partial charge in [0.15, 0.2) is 0 Å². The van der Waals surface area contributed by atoms with Crippen molar-refractivity contribution in [1.82, 2.24) is 19.6 Å². The van der Waals surface area contributed by atoms with Gasteiger partial charge in [0.2, 0.25) is 0 Å². The Balaban J connectivity index is 2.13. The van der Waals surface area contributed by atoms with Gasteiger partial charge in [-0.15, -0.1) is 0 Å². The van der Waals surface area contributed by atoms with E-state index in [0.29, 0.717) is 5.78 Å². The first kappa shape index (κ1) is 14.5. The van der Waals surface area contributed by atoms with Crippen LogP contribution in [-0.2, 0) is 0 Å². The third-order valence-corrected chi connectivity index (χ3v) is 3.61. The number of aromatic nitrogens is 4. The van der Waals surface area contributed by atoms with Crippen molar-refractivity contribution in [2.45, 2.75) is 26.7 Å². The monoisotopic (exact) mass is 295 g/mol. The van der Waals surface area contributed by atoms with Gasteiger partial charge in [-0.3, -0.25) is 0 Å². The Labute approximate surface area is 130 Å². The average Bonchev–Trinajstić information content (AvgIpc) is 3.03. The molecule has 2 aromatic heterocycles. The molecule has 0 saturated heterocycles. The summed E-state index contributed by atoms with van der Waals surface area (Å²) in [7, 11) is 0. The van der Waals surface area contributed by atoms with Crippen molar-refractivity contribution >= 4 is 11.6 Å². The molecule has 1 aromatic carbocycles. The molecule has 0 atom stereocenters. The van der Waals surface area contributed by atoms with Crippen LogP contribution < -0.4 is 4.90 Å². The van der Waals surface area contributed by atoms with Gasteiger partial charge in [0.25, 0.3) is 5.78 Å². The summed E-state index contributed by atoms with van der Waals surface area (Å²) in [6, 6.07) is 12.3. The zero-order valence-corrected chi connectivity index (χ0v) is 13.1. The average molecular weight is 295 g/mol. The first-order valence-corrected chi connectivity index (χ1v) is 7.84. The lowest BCUT2D eigenvalue weighted by atomic mass is 10.1. The second kappa shape index (κ2) is 6.56. The third kappa shape index (κ3) is 2.79. The lowest BCUT2D eigenvalue weighted by Gasteiger charge is -2.24. The summed E-state index contributed by atoms with van der Waals surface area (Å²) in [5.74, 6) is 1.71. The second-order valence-corrected chi connectivity index (χ2v) is 5.32.